The third-order valence-electron chi connectivity index (χ3n) is 3.61. The first-order valence-corrected chi connectivity index (χ1v) is 7.63. The summed E-state index contributed by atoms with van der Waals surface area (Å²) in [5.74, 6) is -0.785. The van der Waals surface area contributed by atoms with E-state index in [1.165, 1.54) is 35.3 Å². The van der Waals surface area contributed by atoms with Gasteiger partial charge in [-0.15, -0.1) is 0 Å². The van der Waals surface area contributed by atoms with Gasteiger partial charge in [-0.3, -0.25) is 4.79 Å². The van der Waals surface area contributed by atoms with Crippen LogP contribution in [-0.4, -0.2) is 11.1 Å². The molecule has 0 fully saturated rings. The molecule has 0 amide bonds. The van der Waals surface area contributed by atoms with E-state index < -0.39 is 5.97 Å². The molecule has 2 aromatic rings. The Labute approximate surface area is 122 Å². The molecule has 0 saturated carbocycles. The van der Waals surface area contributed by atoms with Crippen molar-refractivity contribution in [3.8, 4) is 0 Å². The minimum Gasteiger partial charge on any atom is -0.481 e. The molecule has 0 bridgehead atoms. The lowest BCUT2D eigenvalue weighted by Crippen LogP contribution is -2.01. The summed E-state index contributed by atoms with van der Waals surface area (Å²) >= 11 is 1.66. The first-order valence-electron chi connectivity index (χ1n) is 6.82. The SMILES string of the molecule is O=C(O)Cc1ccccc1Sc1ccc2c(c1)CCC2. The molecule has 1 aliphatic carbocycles. The topological polar surface area (TPSA) is 37.3 Å². The molecule has 0 saturated heterocycles. The van der Waals surface area contributed by atoms with Crippen LogP contribution in [0.15, 0.2) is 52.3 Å². The second-order valence-corrected chi connectivity index (χ2v) is 6.18. The number of aliphatic carboxylic acids is 1. The molecule has 0 unspecified atom stereocenters. The first-order chi connectivity index (χ1) is 9.72. The van der Waals surface area contributed by atoms with Gasteiger partial charge in [0.2, 0.25) is 0 Å². The minimum atomic E-state index is -0.785. The van der Waals surface area contributed by atoms with Crippen LogP contribution < -0.4 is 0 Å². The average Bonchev–Trinajstić information content (AvgIpc) is 2.88. The number of carbonyl (C=O) groups is 1. The quantitative estimate of drug-likeness (QED) is 0.923. The van der Waals surface area contributed by atoms with Gasteiger partial charge in [0.25, 0.3) is 0 Å². The Morgan fingerprint density at radius 2 is 1.90 bits per heavy atom. The lowest BCUT2D eigenvalue weighted by molar-refractivity contribution is -0.136. The third-order valence-corrected chi connectivity index (χ3v) is 4.72. The van der Waals surface area contributed by atoms with E-state index in [0.29, 0.717) is 0 Å². The summed E-state index contributed by atoms with van der Waals surface area (Å²) in [4.78, 5) is 13.2. The van der Waals surface area contributed by atoms with Gasteiger partial charge in [-0.1, -0.05) is 36.0 Å². The maximum absolute atomic E-state index is 10.9. The van der Waals surface area contributed by atoms with Crippen molar-refractivity contribution in [1.82, 2.24) is 0 Å². The lowest BCUT2D eigenvalue weighted by atomic mass is 10.1. The predicted molar refractivity (Wildman–Crippen MR) is 80.4 cm³/mol. The Balaban J connectivity index is 1.86. The zero-order chi connectivity index (χ0) is 13.9. The average molecular weight is 284 g/mol. The molecule has 3 rings (SSSR count). The van der Waals surface area contributed by atoms with E-state index in [9.17, 15) is 4.79 Å². The van der Waals surface area contributed by atoms with Crippen molar-refractivity contribution in [2.45, 2.75) is 35.5 Å². The molecule has 1 N–H and O–H groups in total. The number of benzene rings is 2. The number of carboxylic acids is 1. The Hall–Kier alpha value is -1.74. The van der Waals surface area contributed by atoms with Crippen molar-refractivity contribution in [1.29, 1.82) is 0 Å². The van der Waals surface area contributed by atoms with E-state index in [1.807, 2.05) is 24.3 Å². The zero-order valence-corrected chi connectivity index (χ0v) is 12.0. The van der Waals surface area contributed by atoms with Crippen LogP contribution in [0.4, 0.5) is 0 Å². The molecule has 0 atom stereocenters. The predicted octanol–water partition coefficient (Wildman–Crippen LogP) is 3.95. The number of rotatable bonds is 4. The second kappa shape index (κ2) is 5.71. The molecule has 0 spiro atoms. The highest BCUT2D eigenvalue weighted by atomic mass is 32.2. The monoisotopic (exact) mass is 284 g/mol. The Morgan fingerprint density at radius 1 is 1.10 bits per heavy atom. The van der Waals surface area contributed by atoms with Crippen molar-refractivity contribution < 1.29 is 9.90 Å². The van der Waals surface area contributed by atoms with Gasteiger partial charge in [0, 0.05) is 9.79 Å². The van der Waals surface area contributed by atoms with E-state index >= 15 is 0 Å². The molecule has 20 heavy (non-hydrogen) atoms. The van der Waals surface area contributed by atoms with E-state index in [2.05, 4.69) is 18.2 Å². The van der Waals surface area contributed by atoms with Crippen molar-refractivity contribution in [2.24, 2.45) is 0 Å². The highest BCUT2D eigenvalue weighted by molar-refractivity contribution is 7.99. The Kier molecular flexibility index (Phi) is 3.79. The van der Waals surface area contributed by atoms with Crippen LogP contribution in [0, 0.1) is 0 Å². The van der Waals surface area contributed by atoms with Crippen LogP contribution in [0.3, 0.4) is 0 Å². The van der Waals surface area contributed by atoms with Crippen molar-refractivity contribution >= 4 is 17.7 Å². The van der Waals surface area contributed by atoms with Crippen LogP contribution >= 0.6 is 11.8 Å². The van der Waals surface area contributed by atoms with Gasteiger partial charge in [-0.25, -0.2) is 0 Å². The molecule has 0 heterocycles. The van der Waals surface area contributed by atoms with Crippen molar-refractivity contribution in [2.75, 3.05) is 0 Å². The van der Waals surface area contributed by atoms with Crippen LogP contribution in [0.2, 0.25) is 0 Å². The molecule has 0 aliphatic heterocycles. The Morgan fingerprint density at radius 3 is 2.75 bits per heavy atom. The lowest BCUT2D eigenvalue weighted by Gasteiger charge is -2.08. The first kappa shape index (κ1) is 13.3. The standard InChI is InChI=1S/C17H16O2S/c18-17(19)11-14-4-1-2-7-16(14)20-15-9-8-12-5-3-6-13(12)10-15/h1-2,4,7-10H,3,5-6,11H2,(H,18,19). The molecule has 3 heteroatoms. The number of aryl methyl sites for hydroxylation is 2. The molecule has 0 aromatic heterocycles. The molecular weight excluding hydrogens is 268 g/mol. The van der Waals surface area contributed by atoms with E-state index in [0.717, 1.165) is 10.5 Å². The molecule has 2 aromatic carbocycles. The van der Waals surface area contributed by atoms with Gasteiger partial charge in [-0.2, -0.15) is 0 Å². The highest BCUT2D eigenvalue weighted by Gasteiger charge is 2.12. The van der Waals surface area contributed by atoms with Crippen LogP contribution in [0.5, 0.6) is 0 Å². The molecule has 1 aliphatic rings. The van der Waals surface area contributed by atoms with Crippen LogP contribution in [0.1, 0.15) is 23.1 Å². The van der Waals surface area contributed by atoms with E-state index in [1.54, 1.807) is 11.8 Å². The van der Waals surface area contributed by atoms with E-state index in [4.69, 9.17) is 5.11 Å². The fourth-order valence-corrected chi connectivity index (χ4v) is 3.66. The third kappa shape index (κ3) is 2.88. The summed E-state index contributed by atoms with van der Waals surface area (Å²) in [5.41, 5.74) is 3.80. The largest absolute Gasteiger partial charge is 0.481 e. The smallest absolute Gasteiger partial charge is 0.307 e. The maximum atomic E-state index is 10.9. The van der Waals surface area contributed by atoms with Gasteiger partial charge >= 0.3 is 5.97 Å². The Bertz CT molecular complexity index is 649. The fourth-order valence-electron chi connectivity index (χ4n) is 2.65. The number of carboxylic acid groups (broad SMARTS) is 1. The molecule has 102 valence electrons. The fraction of sp³-hybridized carbons (Fsp3) is 0.235. The normalized spacial score (nSPS) is 13.2. The maximum Gasteiger partial charge on any atom is 0.307 e. The number of hydrogen-bond acceptors (Lipinski definition) is 2. The number of hydrogen-bond donors (Lipinski definition) is 1. The summed E-state index contributed by atoms with van der Waals surface area (Å²) in [5, 5.41) is 8.98. The van der Waals surface area contributed by atoms with Crippen molar-refractivity contribution in [3.05, 3.63) is 59.2 Å². The summed E-state index contributed by atoms with van der Waals surface area (Å²) in [6.07, 6.45) is 3.68. The highest BCUT2D eigenvalue weighted by Crippen LogP contribution is 2.33. The van der Waals surface area contributed by atoms with Crippen LogP contribution in [-0.2, 0) is 24.1 Å². The van der Waals surface area contributed by atoms with Gasteiger partial charge in [-0.05, 0) is 54.2 Å². The molecule has 0 radical (unpaired) electrons. The van der Waals surface area contributed by atoms with Gasteiger partial charge in [0.15, 0.2) is 0 Å². The molecular formula is C17H16O2S. The van der Waals surface area contributed by atoms with Crippen molar-refractivity contribution in [3.63, 3.8) is 0 Å². The second-order valence-electron chi connectivity index (χ2n) is 5.06. The number of fused-ring (bicyclic) bond motifs is 1. The van der Waals surface area contributed by atoms with E-state index in [-0.39, 0.29) is 6.42 Å². The summed E-state index contributed by atoms with van der Waals surface area (Å²) in [6, 6.07) is 14.4. The summed E-state index contributed by atoms with van der Waals surface area (Å²) in [6.45, 7) is 0. The van der Waals surface area contributed by atoms with Gasteiger partial charge in [0.1, 0.15) is 0 Å². The van der Waals surface area contributed by atoms with Gasteiger partial charge in [0.05, 0.1) is 6.42 Å². The molecule has 2 nitrogen and oxygen atoms in total. The zero-order valence-electron chi connectivity index (χ0n) is 11.1. The summed E-state index contributed by atoms with van der Waals surface area (Å²) in [7, 11) is 0. The summed E-state index contributed by atoms with van der Waals surface area (Å²) < 4.78 is 0. The van der Waals surface area contributed by atoms with Crippen LogP contribution in [0.25, 0.3) is 0 Å². The minimum absolute atomic E-state index is 0.0775. The van der Waals surface area contributed by atoms with Gasteiger partial charge < -0.3 is 5.11 Å².